The summed E-state index contributed by atoms with van der Waals surface area (Å²) in [6.45, 7) is 4.75. The molecule has 1 N–H and O–H groups in total. The molecule has 0 saturated carbocycles. The molecule has 19 heavy (non-hydrogen) atoms. The zero-order valence-electron chi connectivity index (χ0n) is 11.5. The van der Waals surface area contributed by atoms with E-state index in [1.165, 1.54) is 5.56 Å². The van der Waals surface area contributed by atoms with Crippen LogP contribution in [0.4, 0.5) is 0 Å². The minimum Gasteiger partial charge on any atom is -0.341 e. The van der Waals surface area contributed by atoms with Gasteiger partial charge in [0.2, 0.25) is 5.91 Å². The lowest BCUT2D eigenvalue weighted by Gasteiger charge is -2.38. The number of piperidine rings is 1. The van der Waals surface area contributed by atoms with E-state index < -0.39 is 0 Å². The summed E-state index contributed by atoms with van der Waals surface area (Å²) in [5, 5.41) is 5.45. The lowest BCUT2D eigenvalue weighted by Crippen LogP contribution is -2.47. The molecule has 1 fully saturated rings. The van der Waals surface area contributed by atoms with E-state index in [2.05, 4.69) is 39.6 Å². The largest absolute Gasteiger partial charge is 0.341 e. The molecule has 1 aromatic heterocycles. The summed E-state index contributed by atoms with van der Waals surface area (Å²) in [7, 11) is 1.92. The van der Waals surface area contributed by atoms with Gasteiger partial charge >= 0.3 is 0 Å². The monoisotopic (exact) mass is 344 g/mol. The Bertz CT molecular complexity index is 440. The lowest BCUT2D eigenvalue weighted by atomic mass is 9.75. The fourth-order valence-corrected chi connectivity index (χ4v) is 4.00. The highest BCUT2D eigenvalue weighted by atomic mass is 79.9. The van der Waals surface area contributed by atoms with Gasteiger partial charge in [0.05, 0.1) is 9.20 Å². The Balaban J connectivity index is 2.04. The van der Waals surface area contributed by atoms with Gasteiger partial charge in [-0.2, -0.15) is 0 Å². The topological polar surface area (TPSA) is 32.3 Å². The van der Waals surface area contributed by atoms with E-state index in [9.17, 15) is 4.79 Å². The molecule has 1 amide bonds. The second-order valence-corrected chi connectivity index (χ2v) is 7.59. The van der Waals surface area contributed by atoms with Crippen molar-refractivity contribution in [3.63, 3.8) is 0 Å². The van der Waals surface area contributed by atoms with Crippen molar-refractivity contribution in [2.75, 3.05) is 20.1 Å². The van der Waals surface area contributed by atoms with Gasteiger partial charge in [-0.1, -0.05) is 6.92 Å². The van der Waals surface area contributed by atoms with Crippen molar-refractivity contribution in [2.24, 2.45) is 5.41 Å². The van der Waals surface area contributed by atoms with Crippen molar-refractivity contribution in [3.8, 4) is 0 Å². The number of amides is 1. The first-order valence-electron chi connectivity index (χ1n) is 6.76. The van der Waals surface area contributed by atoms with Crippen LogP contribution in [0.1, 0.15) is 31.7 Å². The van der Waals surface area contributed by atoms with Crippen LogP contribution in [0.15, 0.2) is 15.2 Å². The van der Waals surface area contributed by atoms with Crippen molar-refractivity contribution in [3.05, 3.63) is 20.8 Å². The minimum absolute atomic E-state index is 0.146. The number of hydrogen-bond acceptors (Lipinski definition) is 3. The molecule has 5 heteroatoms. The number of nitrogens with one attached hydrogen (secondary N) is 1. The molecular weight excluding hydrogens is 324 g/mol. The van der Waals surface area contributed by atoms with E-state index in [0.717, 1.165) is 36.1 Å². The van der Waals surface area contributed by atoms with E-state index in [0.29, 0.717) is 12.5 Å². The molecule has 1 aliphatic rings. The number of carbonyl (C=O) groups is 1. The van der Waals surface area contributed by atoms with Crippen molar-refractivity contribution >= 4 is 33.2 Å². The maximum atomic E-state index is 12.8. The molecule has 0 bridgehead atoms. The summed E-state index contributed by atoms with van der Waals surface area (Å²) in [5.41, 5.74) is 1.06. The predicted octanol–water partition coefficient (Wildman–Crippen LogP) is 3.25. The summed E-state index contributed by atoms with van der Waals surface area (Å²) in [6.07, 6.45) is 2.85. The fraction of sp³-hybridized carbons (Fsp3) is 0.643. The van der Waals surface area contributed by atoms with E-state index in [1.807, 2.05) is 11.9 Å². The van der Waals surface area contributed by atoms with Gasteiger partial charge in [0.25, 0.3) is 0 Å². The Hall–Kier alpha value is -0.390. The van der Waals surface area contributed by atoms with Crippen LogP contribution in [0, 0.1) is 5.41 Å². The molecule has 1 aliphatic heterocycles. The molecule has 2 rings (SSSR count). The summed E-state index contributed by atoms with van der Waals surface area (Å²) in [6, 6.07) is 2.09. The third-order valence-corrected chi connectivity index (χ3v) is 5.63. The Morgan fingerprint density at radius 2 is 2.21 bits per heavy atom. The first-order chi connectivity index (χ1) is 9.07. The molecule has 1 aromatic rings. The maximum Gasteiger partial charge on any atom is 0.228 e. The Morgan fingerprint density at radius 3 is 2.74 bits per heavy atom. The van der Waals surface area contributed by atoms with E-state index >= 15 is 0 Å². The quantitative estimate of drug-likeness (QED) is 0.909. The van der Waals surface area contributed by atoms with E-state index in [1.54, 1.807) is 11.3 Å². The predicted molar refractivity (Wildman–Crippen MR) is 83.3 cm³/mol. The van der Waals surface area contributed by atoms with Crippen molar-refractivity contribution in [1.29, 1.82) is 0 Å². The molecular formula is C14H21BrN2OS. The summed E-state index contributed by atoms with van der Waals surface area (Å²) < 4.78 is 1.12. The Kier molecular flexibility index (Phi) is 5.03. The number of rotatable bonds is 4. The summed E-state index contributed by atoms with van der Waals surface area (Å²) >= 11 is 5.13. The Labute approximate surface area is 127 Å². The average Bonchev–Trinajstić information content (AvgIpc) is 2.84. The van der Waals surface area contributed by atoms with Crippen LogP contribution in [-0.4, -0.2) is 30.9 Å². The van der Waals surface area contributed by atoms with Crippen LogP contribution in [0.2, 0.25) is 0 Å². The zero-order valence-corrected chi connectivity index (χ0v) is 13.9. The molecule has 0 atom stereocenters. The molecule has 0 aliphatic carbocycles. The third kappa shape index (κ3) is 3.38. The standard InChI is InChI=1S/C14H21BrN2OS/c1-3-14(4-6-16-7-5-14)13(18)17(2)9-11-8-12(15)19-10-11/h8,10,16H,3-7,9H2,1-2H3. The summed E-state index contributed by atoms with van der Waals surface area (Å²) in [5.74, 6) is 0.304. The zero-order chi connectivity index (χ0) is 13.9. The number of carbonyl (C=O) groups excluding carboxylic acids is 1. The van der Waals surface area contributed by atoms with E-state index in [4.69, 9.17) is 0 Å². The van der Waals surface area contributed by atoms with Crippen LogP contribution >= 0.6 is 27.3 Å². The SMILES string of the molecule is CCC1(C(=O)N(C)Cc2csc(Br)c2)CCNCC1. The average molecular weight is 345 g/mol. The Morgan fingerprint density at radius 1 is 1.53 bits per heavy atom. The highest BCUT2D eigenvalue weighted by molar-refractivity contribution is 9.11. The normalized spacial score (nSPS) is 18.3. The van der Waals surface area contributed by atoms with Crippen molar-refractivity contribution in [2.45, 2.75) is 32.7 Å². The van der Waals surface area contributed by atoms with Gasteiger partial charge in [-0.05, 0) is 65.3 Å². The maximum absolute atomic E-state index is 12.8. The molecule has 0 radical (unpaired) electrons. The van der Waals surface area contributed by atoms with Gasteiger partial charge in [-0.25, -0.2) is 0 Å². The highest BCUT2D eigenvalue weighted by Crippen LogP contribution is 2.35. The van der Waals surface area contributed by atoms with Crippen LogP contribution < -0.4 is 5.32 Å². The van der Waals surface area contributed by atoms with Gasteiger partial charge in [-0.3, -0.25) is 4.79 Å². The van der Waals surface area contributed by atoms with Gasteiger partial charge in [-0.15, -0.1) is 11.3 Å². The molecule has 2 heterocycles. The number of hydrogen-bond donors (Lipinski definition) is 1. The van der Waals surface area contributed by atoms with Crippen LogP contribution in [-0.2, 0) is 11.3 Å². The fourth-order valence-electron chi connectivity index (χ4n) is 2.80. The highest BCUT2D eigenvalue weighted by Gasteiger charge is 2.39. The molecule has 3 nitrogen and oxygen atoms in total. The molecule has 0 unspecified atom stereocenters. The first kappa shape index (κ1) is 15.0. The number of thiophene rings is 1. The number of halogens is 1. The van der Waals surface area contributed by atoms with Crippen LogP contribution in [0.25, 0.3) is 0 Å². The molecule has 0 spiro atoms. The summed E-state index contributed by atoms with van der Waals surface area (Å²) in [4.78, 5) is 14.6. The smallest absolute Gasteiger partial charge is 0.228 e. The minimum atomic E-state index is -0.146. The third-order valence-electron chi connectivity index (χ3n) is 4.08. The molecule has 106 valence electrons. The van der Waals surface area contributed by atoms with Crippen molar-refractivity contribution in [1.82, 2.24) is 10.2 Å². The van der Waals surface area contributed by atoms with Gasteiger partial charge in [0.15, 0.2) is 0 Å². The first-order valence-corrected chi connectivity index (χ1v) is 8.44. The second kappa shape index (κ2) is 6.37. The second-order valence-electron chi connectivity index (χ2n) is 5.30. The number of nitrogens with zero attached hydrogens (tertiary/aromatic N) is 1. The van der Waals surface area contributed by atoms with Crippen LogP contribution in [0.5, 0.6) is 0 Å². The van der Waals surface area contributed by atoms with Gasteiger partial charge in [0.1, 0.15) is 0 Å². The lowest BCUT2D eigenvalue weighted by molar-refractivity contribution is -0.143. The van der Waals surface area contributed by atoms with Crippen LogP contribution in [0.3, 0.4) is 0 Å². The molecule has 0 aromatic carbocycles. The van der Waals surface area contributed by atoms with Crippen molar-refractivity contribution < 1.29 is 4.79 Å². The van der Waals surface area contributed by atoms with Gasteiger partial charge < -0.3 is 10.2 Å². The van der Waals surface area contributed by atoms with E-state index in [-0.39, 0.29) is 5.41 Å². The van der Waals surface area contributed by atoms with Gasteiger partial charge in [0, 0.05) is 13.6 Å². The molecule has 1 saturated heterocycles.